The fourth-order valence-corrected chi connectivity index (χ4v) is 4.24. The maximum absolute atomic E-state index is 12.7. The fourth-order valence-electron chi connectivity index (χ4n) is 4.24. The van der Waals surface area contributed by atoms with Gasteiger partial charge in [0.2, 0.25) is 11.7 Å². The molecule has 0 unspecified atom stereocenters. The second-order valence-electron chi connectivity index (χ2n) is 9.80. The molecule has 12 nitrogen and oxygen atoms in total. The van der Waals surface area contributed by atoms with E-state index in [1.54, 1.807) is 30.0 Å². The van der Waals surface area contributed by atoms with Gasteiger partial charge in [-0.05, 0) is 40.2 Å². The molecule has 40 heavy (non-hydrogen) atoms. The SMILES string of the molecule is C#Cc1cccc(Nc2ncnc3cnc(NC(=O)/C=C/C[N+](C)(C)Cc4c([N+](=O)[O-])nc(CC)n4C)cc23)c1. The Balaban J connectivity index is 1.44. The minimum Gasteiger partial charge on any atom is -0.358 e. The van der Waals surface area contributed by atoms with Crippen LogP contribution in [0.4, 0.5) is 23.1 Å². The van der Waals surface area contributed by atoms with Gasteiger partial charge in [-0.1, -0.05) is 18.9 Å². The number of terminal acetylenes is 1. The Morgan fingerprint density at radius 3 is 2.77 bits per heavy atom. The van der Waals surface area contributed by atoms with Gasteiger partial charge in [0, 0.05) is 36.2 Å². The smallest absolute Gasteiger partial charge is 0.358 e. The van der Waals surface area contributed by atoms with Gasteiger partial charge in [-0.15, -0.1) is 6.42 Å². The van der Waals surface area contributed by atoms with Gasteiger partial charge in [0.05, 0.1) is 32.4 Å². The highest BCUT2D eigenvalue weighted by Crippen LogP contribution is 2.25. The predicted molar refractivity (Wildman–Crippen MR) is 153 cm³/mol. The number of amides is 1. The second kappa shape index (κ2) is 11.7. The van der Waals surface area contributed by atoms with E-state index in [0.29, 0.717) is 58.1 Å². The van der Waals surface area contributed by atoms with Crippen LogP contribution in [0.1, 0.15) is 24.0 Å². The van der Waals surface area contributed by atoms with Crippen molar-refractivity contribution in [2.75, 3.05) is 31.3 Å². The number of benzene rings is 1. The van der Waals surface area contributed by atoms with Crippen LogP contribution in [0.25, 0.3) is 10.9 Å². The molecule has 0 saturated carbocycles. The van der Waals surface area contributed by atoms with Crippen molar-refractivity contribution in [3.05, 3.63) is 82.2 Å². The molecule has 0 aliphatic rings. The van der Waals surface area contributed by atoms with Crippen LogP contribution in [-0.2, 0) is 24.8 Å². The van der Waals surface area contributed by atoms with E-state index in [0.717, 1.165) is 11.3 Å². The third-order valence-corrected chi connectivity index (χ3v) is 6.29. The number of hydrogen-bond acceptors (Lipinski definition) is 8. The third-order valence-electron chi connectivity index (χ3n) is 6.29. The average Bonchev–Trinajstić information content (AvgIpc) is 3.23. The number of rotatable bonds is 10. The number of nitrogens with one attached hydrogen (secondary N) is 2. The van der Waals surface area contributed by atoms with E-state index in [1.165, 1.54) is 12.4 Å². The number of fused-ring (bicyclic) bond motifs is 1. The fraction of sp³-hybridized carbons (Fsp3) is 0.250. The third kappa shape index (κ3) is 6.46. The molecule has 0 atom stereocenters. The highest BCUT2D eigenvalue weighted by molar-refractivity contribution is 6.00. The first-order chi connectivity index (χ1) is 19.1. The van der Waals surface area contributed by atoms with Crippen molar-refractivity contribution in [1.29, 1.82) is 0 Å². The molecule has 0 aliphatic carbocycles. The van der Waals surface area contributed by atoms with E-state index in [2.05, 4.69) is 36.5 Å². The number of nitrogens with zero attached hydrogens (tertiary/aromatic N) is 7. The summed E-state index contributed by atoms with van der Waals surface area (Å²) >= 11 is 0. The van der Waals surface area contributed by atoms with Gasteiger partial charge in [-0.25, -0.2) is 15.0 Å². The zero-order valence-corrected chi connectivity index (χ0v) is 22.8. The molecule has 1 amide bonds. The monoisotopic (exact) mass is 540 g/mol. The van der Waals surface area contributed by atoms with Crippen molar-refractivity contribution >= 4 is 40.0 Å². The molecule has 0 aliphatic heterocycles. The van der Waals surface area contributed by atoms with Crippen LogP contribution in [0.5, 0.6) is 0 Å². The van der Waals surface area contributed by atoms with Crippen molar-refractivity contribution < 1.29 is 14.2 Å². The Morgan fingerprint density at radius 2 is 2.05 bits per heavy atom. The first-order valence-corrected chi connectivity index (χ1v) is 12.5. The normalized spacial score (nSPS) is 11.5. The van der Waals surface area contributed by atoms with Gasteiger partial charge in [0.15, 0.2) is 5.69 Å². The molecule has 2 N–H and O–H groups in total. The largest absolute Gasteiger partial charge is 0.391 e. The molecular formula is C28H30N9O3+. The van der Waals surface area contributed by atoms with E-state index < -0.39 is 4.92 Å². The van der Waals surface area contributed by atoms with E-state index in [1.807, 2.05) is 45.3 Å². The van der Waals surface area contributed by atoms with Crippen LogP contribution in [0.2, 0.25) is 0 Å². The molecule has 0 saturated heterocycles. The van der Waals surface area contributed by atoms with Crippen LogP contribution >= 0.6 is 0 Å². The van der Waals surface area contributed by atoms with Crippen molar-refractivity contribution in [3.63, 3.8) is 0 Å². The number of carbonyl (C=O) groups excluding carboxylic acids is 1. The first kappa shape index (κ1) is 27.9. The summed E-state index contributed by atoms with van der Waals surface area (Å²) in [5.74, 6) is 3.65. The van der Waals surface area contributed by atoms with Gasteiger partial charge in [0.1, 0.15) is 24.5 Å². The molecule has 3 heterocycles. The number of likely N-dealkylation sites (N-methyl/N-ethyl adjacent to an activating group) is 1. The summed E-state index contributed by atoms with van der Waals surface area (Å²) in [6, 6.07) is 9.08. The molecule has 3 aromatic heterocycles. The summed E-state index contributed by atoms with van der Waals surface area (Å²) in [6.07, 6.45) is 12.2. The topological polar surface area (TPSA) is 141 Å². The molecule has 12 heteroatoms. The van der Waals surface area contributed by atoms with Gasteiger partial charge in [-0.3, -0.25) is 4.79 Å². The highest BCUT2D eigenvalue weighted by Gasteiger charge is 2.30. The highest BCUT2D eigenvalue weighted by atomic mass is 16.6. The lowest BCUT2D eigenvalue weighted by molar-refractivity contribution is -0.898. The lowest BCUT2D eigenvalue weighted by Crippen LogP contribution is -2.39. The molecule has 0 bridgehead atoms. The molecule has 0 radical (unpaired) electrons. The molecule has 1 aromatic carbocycles. The molecule has 204 valence electrons. The maximum Gasteiger partial charge on any atom is 0.391 e. The Morgan fingerprint density at radius 1 is 1.25 bits per heavy atom. The number of anilines is 3. The molecule has 0 fully saturated rings. The molecule has 4 rings (SSSR count). The summed E-state index contributed by atoms with van der Waals surface area (Å²) in [5.41, 5.74) is 2.65. The number of quaternary nitrogens is 1. The number of carbonyl (C=O) groups is 1. The van der Waals surface area contributed by atoms with Crippen molar-refractivity contribution in [2.24, 2.45) is 7.05 Å². The number of aryl methyl sites for hydroxylation is 1. The zero-order valence-electron chi connectivity index (χ0n) is 22.8. The summed E-state index contributed by atoms with van der Waals surface area (Å²) in [5, 5.41) is 18.2. The number of aromatic nitrogens is 5. The molecule has 0 spiro atoms. The predicted octanol–water partition coefficient (Wildman–Crippen LogP) is 3.73. The van der Waals surface area contributed by atoms with E-state index in [-0.39, 0.29) is 11.7 Å². The number of hydrogen-bond donors (Lipinski definition) is 2. The summed E-state index contributed by atoms with van der Waals surface area (Å²) in [4.78, 5) is 40.8. The maximum atomic E-state index is 12.7. The lowest BCUT2D eigenvalue weighted by atomic mass is 10.2. The van der Waals surface area contributed by atoms with Crippen LogP contribution in [0.3, 0.4) is 0 Å². The molecular weight excluding hydrogens is 510 g/mol. The van der Waals surface area contributed by atoms with E-state index >= 15 is 0 Å². The number of pyridine rings is 1. The Bertz CT molecular complexity index is 1650. The summed E-state index contributed by atoms with van der Waals surface area (Å²) < 4.78 is 2.16. The first-order valence-electron chi connectivity index (χ1n) is 12.5. The summed E-state index contributed by atoms with van der Waals surface area (Å²) in [7, 11) is 5.65. The van der Waals surface area contributed by atoms with Gasteiger partial charge in [-0.2, -0.15) is 0 Å². The van der Waals surface area contributed by atoms with Gasteiger partial charge in [0.25, 0.3) is 0 Å². The standard InChI is InChI=1S/C28H29N9O3/c1-6-19-10-8-11-20(14-19)32-27-21-15-24(29-16-22(21)30-18-31-27)33-26(38)12-9-13-37(4,5)17-23-28(36(39)40)34-25(7-2)35(23)3/h1,8-12,14-16,18H,7,13,17H2,2-5H3,(H-,29,30,31,32,33,38)/p+1/b12-9+. The van der Waals surface area contributed by atoms with Crippen molar-refractivity contribution in [2.45, 2.75) is 19.9 Å². The second-order valence-corrected chi connectivity index (χ2v) is 9.80. The minimum atomic E-state index is -0.450. The van der Waals surface area contributed by atoms with Crippen LogP contribution in [0, 0.1) is 22.5 Å². The zero-order chi connectivity index (χ0) is 28.9. The average molecular weight is 541 g/mol. The van der Waals surface area contributed by atoms with Crippen molar-refractivity contribution in [1.82, 2.24) is 24.5 Å². The number of nitro groups is 1. The van der Waals surface area contributed by atoms with Crippen LogP contribution < -0.4 is 10.6 Å². The Kier molecular flexibility index (Phi) is 8.16. The summed E-state index contributed by atoms with van der Waals surface area (Å²) in [6.45, 7) is 2.74. The van der Waals surface area contributed by atoms with Crippen molar-refractivity contribution in [3.8, 4) is 12.3 Å². The lowest BCUT2D eigenvalue weighted by Gasteiger charge is -2.28. The minimum absolute atomic E-state index is 0.128. The van der Waals surface area contributed by atoms with Gasteiger partial charge < -0.3 is 29.8 Å². The van der Waals surface area contributed by atoms with Gasteiger partial charge >= 0.3 is 5.82 Å². The van der Waals surface area contributed by atoms with E-state index in [4.69, 9.17) is 6.42 Å². The number of imidazole rings is 1. The van der Waals surface area contributed by atoms with Crippen LogP contribution in [0.15, 0.2) is 55.0 Å². The Hall–Kier alpha value is -5.15. The molecule has 4 aromatic rings. The van der Waals surface area contributed by atoms with Crippen LogP contribution in [-0.4, -0.2) is 60.5 Å². The Labute approximate surface area is 231 Å². The van der Waals surface area contributed by atoms with E-state index in [9.17, 15) is 14.9 Å². The quantitative estimate of drug-likeness (QED) is 0.102.